The molecule has 24 heavy (non-hydrogen) atoms. The van der Waals surface area contributed by atoms with E-state index in [0.717, 1.165) is 32.2 Å². The Balaban J connectivity index is 1.65. The fourth-order valence-corrected chi connectivity index (χ4v) is 3.63. The third-order valence-electron chi connectivity index (χ3n) is 4.98. The maximum atomic E-state index is 13.9. The average Bonchev–Trinajstić information content (AvgIpc) is 2.96. The lowest BCUT2D eigenvalue weighted by molar-refractivity contribution is -0.135. The number of anilines is 1. The van der Waals surface area contributed by atoms with Gasteiger partial charge in [0.1, 0.15) is 12.4 Å². The van der Waals surface area contributed by atoms with Crippen LogP contribution in [0.5, 0.6) is 0 Å². The molecule has 3 rings (SSSR count). The van der Waals surface area contributed by atoms with Crippen LogP contribution in [-0.4, -0.2) is 54.0 Å². The van der Waals surface area contributed by atoms with Crippen LogP contribution in [0.4, 0.5) is 14.9 Å². The number of urea groups is 1. The number of piperidine rings is 1. The lowest BCUT2D eigenvalue weighted by Crippen LogP contribution is -2.48. The third-order valence-corrected chi connectivity index (χ3v) is 4.98. The molecule has 2 fully saturated rings. The van der Waals surface area contributed by atoms with E-state index in [0.29, 0.717) is 13.1 Å². The molecule has 3 amide bonds. The molecular weight excluding hydrogens is 309 g/mol. The van der Waals surface area contributed by atoms with Gasteiger partial charge in [-0.3, -0.25) is 9.69 Å². The van der Waals surface area contributed by atoms with Gasteiger partial charge in [-0.2, -0.15) is 0 Å². The topological polar surface area (TPSA) is 43.9 Å². The number of halogens is 1. The van der Waals surface area contributed by atoms with Crippen LogP contribution >= 0.6 is 0 Å². The van der Waals surface area contributed by atoms with Crippen molar-refractivity contribution in [1.82, 2.24) is 9.80 Å². The van der Waals surface area contributed by atoms with Gasteiger partial charge in [0.15, 0.2) is 0 Å². The zero-order chi connectivity index (χ0) is 17.1. The molecule has 0 N–H and O–H groups in total. The van der Waals surface area contributed by atoms with Gasteiger partial charge >= 0.3 is 6.03 Å². The minimum atomic E-state index is -0.416. The van der Waals surface area contributed by atoms with Gasteiger partial charge in [-0.25, -0.2) is 9.18 Å². The van der Waals surface area contributed by atoms with Crippen LogP contribution in [0.2, 0.25) is 0 Å². The molecule has 5 nitrogen and oxygen atoms in total. The Bertz CT molecular complexity index is 622. The van der Waals surface area contributed by atoms with E-state index in [9.17, 15) is 14.0 Å². The molecule has 1 aromatic rings. The van der Waals surface area contributed by atoms with Crippen molar-refractivity contribution in [3.63, 3.8) is 0 Å². The molecule has 130 valence electrons. The Morgan fingerprint density at radius 2 is 2.00 bits per heavy atom. The zero-order valence-corrected chi connectivity index (χ0v) is 14.1. The molecule has 6 heteroatoms. The molecule has 0 spiro atoms. The van der Waals surface area contributed by atoms with Crippen molar-refractivity contribution in [3.8, 4) is 0 Å². The quantitative estimate of drug-likeness (QED) is 0.850. The van der Waals surface area contributed by atoms with E-state index in [-0.39, 0.29) is 30.2 Å². The van der Waals surface area contributed by atoms with E-state index >= 15 is 0 Å². The number of amides is 3. The SMILES string of the molecule is CCC1CCCCN1C(=O)CN1CCN(c2ccccc2F)C1=O. The minimum Gasteiger partial charge on any atom is -0.338 e. The molecular formula is C18H24FN3O2. The molecule has 0 aromatic heterocycles. The van der Waals surface area contributed by atoms with Crippen molar-refractivity contribution >= 4 is 17.6 Å². The summed E-state index contributed by atoms with van der Waals surface area (Å²) in [6.45, 7) is 3.81. The van der Waals surface area contributed by atoms with Crippen molar-refractivity contribution in [1.29, 1.82) is 0 Å². The Hall–Kier alpha value is -2.11. The van der Waals surface area contributed by atoms with Gasteiger partial charge in [0.2, 0.25) is 5.91 Å². The summed E-state index contributed by atoms with van der Waals surface area (Å²) >= 11 is 0. The standard InChI is InChI=1S/C18H24FN3O2/c1-2-14-7-5-6-10-21(14)17(23)13-20-11-12-22(18(20)24)16-9-4-3-8-15(16)19/h3-4,8-9,14H,2,5-7,10-13H2,1H3. The van der Waals surface area contributed by atoms with Gasteiger partial charge in [-0.1, -0.05) is 19.1 Å². The smallest absolute Gasteiger partial charge is 0.325 e. The van der Waals surface area contributed by atoms with E-state index in [4.69, 9.17) is 0 Å². The number of nitrogens with zero attached hydrogens (tertiary/aromatic N) is 3. The summed E-state index contributed by atoms with van der Waals surface area (Å²) in [5, 5.41) is 0. The maximum Gasteiger partial charge on any atom is 0.325 e. The van der Waals surface area contributed by atoms with Crippen molar-refractivity contribution in [2.24, 2.45) is 0 Å². The predicted molar refractivity (Wildman–Crippen MR) is 90.4 cm³/mol. The second kappa shape index (κ2) is 7.20. The molecule has 2 aliphatic rings. The fraction of sp³-hybridized carbons (Fsp3) is 0.556. The summed E-state index contributed by atoms with van der Waals surface area (Å²) in [5.74, 6) is -0.411. The van der Waals surface area contributed by atoms with Crippen molar-refractivity contribution in [2.75, 3.05) is 31.1 Å². The van der Waals surface area contributed by atoms with Gasteiger partial charge in [-0.15, -0.1) is 0 Å². The molecule has 0 saturated carbocycles. The number of carbonyl (C=O) groups excluding carboxylic acids is 2. The number of likely N-dealkylation sites (tertiary alicyclic amines) is 1. The number of benzene rings is 1. The predicted octanol–water partition coefficient (Wildman–Crippen LogP) is 2.86. The Kier molecular flexibility index (Phi) is 5.02. The highest BCUT2D eigenvalue weighted by Crippen LogP contribution is 2.24. The summed E-state index contributed by atoms with van der Waals surface area (Å²) in [6.07, 6.45) is 4.17. The van der Waals surface area contributed by atoms with Gasteiger partial charge in [0.05, 0.1) is 5.69 Å². The van der Waals surface area contributed by atoms with Gasteiger partial charge in [-0.05, 0) is 37.8 Å². The van der Waals surface area contributed by atoms with Crippen LogP contribution in [0.15, 0.2) is 24.3 Å². The summed E-state index contributed by atoms with van der Waals surface area (Å²) < 4.78 is 13.9. The number of rotatable bonds is 4. The van der Waals surface area contributed by atoms with Crippen LogP contribution in [0, 0.1) is 5.82 Å². The third kappa shape index (κ3) is 3.23. The lowest BCUT2D eigenvalue weighted by atomic mass is 10.00. The molecule has 2 heterocycles. The van der Waals surface area contributed by atoms with Crippen LogP contribution in [0.1, 0.15) is 32.6 Å². The first-order chi connectivity index (χ1) is 11.6. The molecule has 0 radical (unpaired) electrons. The summed E-state index contributed by atoms with van der Waals surface area (Å²) in [7, 11) is 0. The van der Waals surface area contributed by atoms with E-state index in [2.05, 4.69) is 6.92 Å². The second-order valence-electron chi connectivity index (χ2n) is 6.45. The molecule has 1 unspecified atom stereocenters. The summed E-state index contributed by atoms with van der Waals surface area (Å²) in [5.41, 5.74) is 0.279. The molecule has 2 aliphatic heterocycles. The maximum absolute atomic E-state index is 13.9. The van der Waals surface area contributed by atoms with Crippen molar-refractivity contribution < 1.29 is 14.0 Å². The first-order valence-electron chi connectivity index (χ1n) is 8.72. The summed E-state index contributed by atoms with van der Waals surface area (Å²) in [4.78, 5) is 30.0. The molecule has 1 aromatic carbocycles. The van der Waals surface area contributed by atoms with Gasteiger partial charge in [0.25, 0.3) is 0 Å². The molecule has 2 saturated heterocycles. The zero-order valence-electron chi connectivity index (χ0n) is 14.1. The lowest BCUT2D eigenvalue weighted by Gasteiger charge is -2.36. The van der Waals surface area contributed by atoms with Gasteiger partial charge in [0, 0.05) is 25.7 Å². The number of carbonyl (C=O) groups is 2. The average molecular weight is 333 g/mol. The minimum absolute atomic E-state index is 0.00489. The Morgan fingerprint density at radius 1 is 1.21 bits per heavy atom. The molecule has 1 atom stereocenters. The van der Waals surface area contributed by atoms with Gasteiger partial charge < -0.3 is 9.80 Å². The monoisotopic (exact) mass is 333 g/mol. The molecule has 0 bridgehead atoms. The van der Waals surface area contributed by atoms with Crippen LogP contribution in [0.25, 0.3) is 0 Å². The normalized spacial score (nSPS) is 21.5. The highest BCUT2D eigenvalue weighted by Gasteiger charge is 2.34. The van der Waals surface area contributed by atoms with E-state index < -0.39 is 5.82 Å². The van der Waals surface area contributed by atoms with E-state index in [1.165, 1.54) is 15.9 Å². The Labute approximate surface area is 142 Å². The largest absolute Gasteiger partial charge is 0.338 e. The van der Waals surface area contributed by atoms with Crippen molar-refractivity contribution in [2.45, 2.75) is 38.6 Å². The van der Waals surface area contributed by atoms with E-state index in [1.807, 2.05) is 4.90 Å². The first-order valence-corrected chi connectivity index (χ1v) is 8.72. The van der Waals surface area contributed by atoms with Crippen molar-refractivity contribution in [3.05, 3.63) is 30.1 Å². The highest BCUT2D eigenvalue weighted by atomic mass is 19.1. The number of hydrogen-bond donors (Lipinski definition) is 0. The van der Waals surface area contributed by atoms with Crippen LogP contribution < -0.4 is 4.90 Å². The second-order valence-corrected chi connectivity index (χ2v) is 6.45. The number of para-hydroxylation sites is 1. The summed E-state index contributed by atoms with van der Waals surface area (Å²) in [6, 6.07) is 6.23. The van der Waals surface area contributed by atoms with Crippen LogP contribution in [0.3, 0.4) is 0 Å². The number of hydrogen-bond acceptors (Lipinski definition) is 2. The fourth-order valence-electron chi connectivity index (χ4n) is 3.63. The van der Waals surface area contributed by atoms with Crippen LogP contribution in [-0.2, 0) is 4.79 Å². The first kappa shape index (κ1) is 16.7. The van der Waals surface area contributed by atoms with E-state index in [1.54, 1.807) is 18.2 Å². The Morgan fingerprint density at radius 3 is 2.75 bits per heavy atom. The highest BCUT2D eigenvalue weighted by molar-refractivity contribution is 5.96. The molecule has 0 aliphatic carbocycles.